The summed E-state index contributed by atoms with van der Waals surface area (Å²) in [4.78, 5) is 9.36. The van der Waals surface area contributed by atoms with Crippen LogP contribution >= 0.6 is 15.9 Å². The smallest absolute Gasteiger partial charge is 0.133 e. The summed E-state index contributed by atoms with van der Waals surface area (Å²) < 4.78 is 0.993. The lowest BCUT2D eigenvalue weighted by atomic mass is 10.2. The molecule has 0 unspecified atom stereocenters. The lowest BCUT2D eigenvalue weighted by molar-refractivity contribution is 0.209. The van der Waals surface area contributed by atoms with Gasteiger partial charge in [-0.3, -0.25) is 4.90 Å². The zero-order chi connectivity index (χ0) is 13.1. The van der Waals surface area contributed by atoms with E-state index in [1.54, 1.807) is 0 Å². The number of hydrogen-bond acceptors (Lipinski definition) is 4. The monoisotopic (exact) mass is 312 g/mol. The van der Waals surface area contributed by atoms with Gasteiger partial charge in [-0.25, -0.2) is 4.98 Å². The van der Waals surface area contributed by atoms with Crippen molar-refractivity contribution in [2.75, 3.05) is 31.1 Å². The second-order valence-electron chi connectivity index (χ2n) is 4.96. The first-order chi connectivity index (χ1) is 8.61. The summed E-state index contributed by atoms with van der Waals surface area (Å²) in [6.07, 6.45) is 1.85. The molecule has 4 nitrogen and oxygen atoms in total. The Morgan fingerprint density at radius 3 is 2.56 bits per heavy atom. The van der Waals surface area contributed by atoms with E-state index in [1.165, 1.54) is 0 Å². The second kappa shape index (κ2) is 5.99. The molecule has 0 radical (unpaired) electrons. The molecule has 0 atom stereocenters. The minimum atomic E-state index is 0.534. The van der Waals surface area contributed by atoms with E-state index in [0.717, 1.165) is 42.0 Å². The molecule has 1 saturated heterocycles. The first kappa shape index (κ1) is 13.8. The molecular formula is C13H21BrN4. The van der Waals surface area contributed by atoms with Crippen LogP contribution in [0.2, 0.25) is 0 Å². The van der Waals surface area contributed by atoms with E-state index < -0.39 is 0 Å². The van der Waals surface area contributed by atoms with Crippen molar-refractivity contribution in [3.8, 4) is 0 Å². The molecule has 1 aliphatic rings. The lowest BCUT2D eigenvalue weighted by Gasteiger charge is -2.38. The van der Waals surface area contributed by atoms with Crippen molar-refractivity contribution in [3.63, 3.8) is 0 Å². The molecule has 0 spiro atoms. The summed E-state index contributed by atoms with van der Waals surface area (Å²) in [5, 5.41) is 0. The Balaban J connectivity index is 2.09. The summed E-state index contributed by atoms with van der Waals surface area (Å²) >= 11 is 3.44. The highest BCUT2D eigenvalue weighted by molar-refractivity contribution is 9.10. The van der Waals surface area contributed by atoms with Crippen molar-refractivity contribution < 1.29 is 0 Å². The van der Waals surface area contributed by atoms with Gasteiger partial charge in [0.05, 0.1) is 0 Å². The fraction of sp³-hybridized carbons (Fsp3) is 0.615. The molecule has 0 aromatic carbocycles. The third kappa shape index (κ3) is 3.02. The predicted octanol–water partition coefficient (Wildman–Crippen LogP) is 1.83. The Bertz CT molecular complexity index is 400. The molecule has 1 aromatic rings. The molecule has 1 fully saturated rings. The summed E-state index contributed by atoms with van der Waals surface area (Å²) in [5.41, 5.74) is 6.92. The van der Waals surface area contributed by atoms with Gasteiger partial charge < -0.3 is 10.6 Å². The highest BCUT2D eigenvalue weighted by Gasteiger charge is 2.21. The average molecular weight is 313 g/mol. The quantitative estimate of drug-likeness (QED) is 0.925. The van der Waals surface area contributed by atoms with Gasteiger partial charge in [-0.05, 0) is 35.8 Å². The fourth-order valence-corrected chi connectivity index (χ4v) is 2.74. The van der Waals surface area contributed by atoms with Gasteiger partial charge >= 0.3 is 0 Å². The molecule has 1 aromatic heterocycles. The molecule has 1 aliphatic heterocycles. The lowest BCUT2D eigenvalue weighted by Crippen LogP contribution is -2.49. The number of nitrogens with zero attached hydrogens (tertiary/aromatic N) is 3. The van der Waals surface area contributed by atoms with Crippen molar-refractivity contribution in [2.24, 2.45) is 5.73 Å². The highest BCUT2D eigenvalue weighted by atomic mass is 79.9. The minimum Gasteiger partial charge on any atom is -0.354 e. The number of aromatic nitrogens is 1. The zero-order valence-corrected chi connectivity index (χ0v) is 12.7. The van der Waals surface area contributed by atoms with Gasteiger partial charge in [0.1, 0.15) is 5.82 Å². The number of halogens is 1. The predicted molar refractivity (Wildman–Crippen MR) is 78.8 cm³/mol. The normalized spacial score (nSPS) is 17.5. The maximum atomic E-state index is 5.80. The van der Waals surface area contributed by atoms with Gasteiger partial charge in [0.2, 0.25) is 0 Å². The Morgan fingerprint density at radius 2 is 2.00 bits per heavy atom. The maximum Gasteiger partial charge on any atom is 0.133 e. The van der Waals surface area contributed by atoms with E-state index in [0.29, 0.717) is 12.6 Å². The number of hydrogen-bond donors (Lipinski definition) is 1. The third-order valence-electron chi connectivity index (χ3n) is 3.47. The van der Waals surface area contributed by atoms with Crippen molar-refractivity contribution in [1.82, 2.24) is 9.88 Å². The van der Waals surface area contributed by atoms with Crippen LogP contribution in [0.4, 0.5) is 5.82 Å². The van der Waals surface area contributed by atoms with Crippen LogP contribution in [-0.2, 0) is 6.54 Å². The van der Waals surface area contributed by atoms with Crippen molar-refractivity contribution in [1.29, 1.82) is 0 Å². The highest BCUT2D eigenvalue weighted by Crippen LogP contribution is 2.22. The van der Waals surface area contributed by atoms with Crippen LogP contribution in [0.3, 0.4) is 0 Å². The maximum absolute atomic E-state index is 5.80. The van der Waals surface area contributed by atoms with Crippen LogP contribution in [0, 0.1) is 0 Å². The van der Waals surface area contributed by atoms with E-state index in [-0.39, 0.29) is 0 Å². The SMILES string of the molecule is CC(C)N1CCN(c2ncc(Br)cc2CN)CC1. The molecule has 18 heavy (non-hydrogen) atoms. The molecule has 100 valence electrons. The zero-order valence-electron chi connectivity index (χ0n) is 11.1. The van der Waals surface area contributed by atoms with Crippen molar-refractivity contribution in [3.05, 3.63) is 22.3 Å². The van der Waals surface area contributed by atoms with Crippen LogP contribution in [0.25, 0.3) is 0 Å². The minimum absolute atomic E-state index is 0.534. The Labute approximate surface area is 117 Å². The molecule has 2 rings (SSSR count). The van der Waals surface area contributed by atoms with Gasteiger partial charge in [0, 0.05) is 55.0 Å². The number of pyridine rings is 1. The van der Waals surface area contributed by atoms with Crippen LogP contribution in [0.1, 0.15) is 19.4 Å². The molecule has 0 aliphatic carbocycles. The third-order valence-corrected chi connectivity index (χ3v) is 3.91. The van der Waals surface area contributed by atoms with E-state index in [9.17, 15) is 0 Å². The standard InChI is InChI=1S/C13H21BrN4/c1-10(2)17-3-5-18(6-4-17)13-11(8-15)7-12(14)9-16-13/h7,9-10H,3-6,8,15H2,1-2H3. The first-order valence-electron chi connectivity index (χ1n) is 6.45. The Kier molecular flexibility index (Phi) is 4.59. The van der Waals surface area contributed by atoms with Crippen LogP contribution in [-0.4, -0.2) is 42.1 Å². The molecule has 2 heterocycles. The number of nitrogens with two attached hydrogens (primary N) is 1. The van der Waals surface area contributed by atoms with Crippen LogP contribution in [0.5, 0.6) is 0 Å². The van der Waals surface area contributed by atoms with Gasteiger partial charge in [-0.2, -0.15) is 0 Å². The van der Waals surface area contributed by atoms with Crippen LogP contribution < -0.4 is 10.6 Å². The first-order valence-corrected chi connectivity index (χ1v) is 7.24. The average Bonchev–Trinajstić information content (AvgIpc) is 2.38. The summed E-state index contributed by atoms with van der Waals surface area (Å²) in [7, 11) is 0. The van der Waals surface area contributed by atoms with Crippen LogP contribution in [0.15, 0.2) is 16.7 Å². The summed E-state index contributed by atoms with van der Waals surface area (Å²) in [5.74, 6) is 1.05. The van der Waals surface area contributed by atoms with E-state index in [1.807, 2.05) is 6.20 Å². The summed E-state index contributed by atoms with van der Waals surface area (Å²) in [6.45, 7) is 9.28. The van der Waals surface area contributed by atoms with Crippen molar-refractivity contribution in [2.45, 2.75) is 26.4 Å². The molecule has 0 bridgehead atoms. The molecule has 2 N–H and O–H groups in total. The largest absolute Gasteiger partial charge is 0.354 e. The molecule has 5 heteroatoms. The Morgan fingerprint density at radius 1 is 1.33 bits per heavy atom. The van der Waals surface area contributed by atoms with E-state index in [2.05, 4.69) is 50.6 Å². The Hall–Kier alpha value is -0.650. The topological polar surface area (TPSA) is 45.4 Å². The van der Waals surface area contributed by atoms with Gasteiger partial charge in [-0.15, -0.1) is 0 Å². The van der Waals surface area contributed by atoms with Crippen molar-refractivity contribution >= 4 is 21.7 Å². The van der Waals surface area contributed by atoms with E-state index >= 15 is 0 Å². The fourth-order valence-electron chi connectivity index (χ4n) is 2.36. The number of rotatable bonds is 3. The van der Waals surface area contributed by atoms with E-state index in [4.69, 9.17) is 5.73 Å². The molecule has 0 amide bonds. The van der Waals surface area contributed by atoms with Gasteiger partial charge in [-0.1, -0.05) is 0 Å². The molecular weight excluding hydrogens is 292 g/mol. The van der Waals surface area contributed by atoms with Gasteiger partial charge in [0.15, 0.2) is 0 Å². The number of anilines is 1. The summed E-state index contributed by atoms with van der Waals surface area (Å²) in [6, 6.07) is 2.69. The van der Waals surface area contributed by atoms with Gasteiger partial charge in [0.25, 0.3) is 0 Å². The second-order valence-corrected chi connectivity index (χ2v) is 5.87. The number of piperazine rings is 1. The molecule has 0 saturated carbocycles.